The van der Waals surface area contributed by atoms with Crippen molar-refractivity contribution < 1.29 is 9.90 Å². The van der Waals surface area contributed by atoms with Crippen molar-refractivity contribution in [2.24, 2.45) is 5.92 Å². The second kappa shape index (κ2) is 8.81. The maximum Gasteiger partial charge on any atom is 0.219 e. The molecule has 0 spiro atoms. The summed E-state index contributed by atoms with van der Waals surface area (Å²) in [6, 6.07) is 17.2. The molecule has 5 nitrogen and oxygen atoms in total. The zero-order chi connectivity index (χ0) is 22.1. The molecule has 0 bridgehead atoms. The summed E-state index contributed by atoms with van der Waals surface area (Å²) in [4.78, 5) is 17.5. The molecule has 2 heterocycles. The summed E-state index contributed by atoms with van der Waals surface area (Å²) in [6.07, 6.45) is 8.39. The monoisotopic (exact) mass is 443 g/mol. The number of fused-ring (bicyclic) bond motifs is 2. The normalized spacial score (nSPS) is 18.9. The summed E-state index contributed by atoms with van der Waals surface area (Å²) in [7, 11) is 0. The molecule has 2 atom stereocenters. The van der Waals surface area contributed by atoms with Crippen LogP contribution in [0.4, 0.5) is 0 Å². The van der Waals surface area contributed by atoms with Crippen LogP contribution in [0.25, 0.3) is 6.08 Å². The van der Waals surface area contributed by atoms with Crippen molar-refractivity contribution >= 4 is 23.6 Å². The van der Waals surface area contributed by atoms with Gasteiger partial charge in [0.2, 0.25) is 5.78 Å². The van der Waals surface area contributed by atoms with E-state index in [4.69, 9.17) is 0 Å². The molecule has 1 aliphatic carbocycles. The average molecular weight is 444 g/mol. The Morgan fingerprint density at radius 1 is 1.19 bits per heavy atom. The Kier molecular flexibility index (Phi) is 5.72. The Balaban J connectivity index is 1.55. The van der Waals surface area contributed by atoms with E-state index in [1.54, 1.807) is 6.20 Å². The van der Waals surface area contributed by atoms with E-state index in [0.717, 1.165) is 24.7 Å². The molecule has 162 valence electrons. The van der Waals surface area contributed by atoms with Crippen LogP contribution in [0.2, 0.25) is 0 Å². The summed E-state index contributed by atoms with van der Waals surface area (Å²) in [5.41, 5.74) is 3.90. The highest BCUT2D eigenvalue weighted by Gasteiger charge is 2.36. The first-order valence-electron chi connectivity index (χ1n) is 10.8. The number of aromatic nitrogens is 2. The van der Waals surface area contributed by atoms with Crippen molar-refractivity contribution in [1.29, 1.82) is 0 Å². The molecule has 1 aliphatic heterocycles. The van der Waals surface area contributed by atoms with E-state index in [1.165, 1.54) is 27.7 Å². The fraction of sp³-hybridized carbons (Fsp3) is 0.231. The van der Waals surface area contributed by atoms with E-state index >= 15 is 0 Å². The van der Waals surface area contributed by atoms with Gasteiger partial charge >= 0.3 is 0 Å². The van der Waals surface area contributed by atoms with Crippen molar-refractivity contribution in [3.8, 4) is 0 Å². The third-order valence-electron chi connectivity index (χ3n) is 6.09. The lowest BCUT2D eigenvalue weighted by atomic mass is 9.94. The van der Waals surface area contributed by atoms with Crippen LogP contribution in [0.3, 0.4) is 0 Å². The van der Waals surface area contributed by atoms with Crippen LogP contribution >= 0.6 is 11.8 Å². The number of rotatable bonds is 7. The molecule has 0 amide bonds. The number of ketones is 1. The van der Waals surface area contributed by atoms with E-state index in [1.807, 2.05) is 22.5 Å². The van der Waals surface area contributed by atoms with Crippen molar-refractivity contribution in [3.05, 3.63) is 102 Å². The first kappa shape index (κ1) is 20.8. The predicted octanol–water partition coefficient (Wildman–Crippen LogP) is 5.43. The molecular weight excluding hydrogens is 418 g/mol. The fourth-order valence-electron chi connectivity index (χ4n) is 4.30. The molecule has 0 radical (unpaired) electrons. The minimum absolute atomic E-state index is 0.00963. The van der Waals surface area contributed by atoms with Gasteiger partial charge in [0, 0.05) is 29.1 Å². The minimum atomic E-state index is -0.515. The molecule has 1 fully saturated rings. The van der Waals surface area contributed by atoms with Gasteiger partial charge in [-0.25, -0.2) is 4.98 Å². The number of thioether (sulfide) groups is 1. The maximum absolute atomic E-state index is 11.8. The van der Waals surface area contributed by atoms with Crippen LogP contribution in [0, 0.1) is 5.92 Å². The van der Waals surface area contributed by atoms with Gasteiger partial charge in [-0.3, -0.25) is 10.1 Å². The van der Waals surface area contributed by atoms with Gasteiger partial charge in [0.15, 0.2) is 5.76 Å². The second-order valence-corrected chi connectivity index (χ2v) is 9.22. The van der Waals surface area contributed by atoms with Crippen LogP contribution in [0.5, 0.6) is 0 Å². The van der Waals surface area contributed by atoms with E-state index < -0.39 is 5.78 Å². The lowest BCUT2D eigenvalue weighted by Gasteiger charge is -2.29. The molecule has 6 heteroatoms. The lowest BCUT2D eigenvalue weighted by molar-refractivity contribution is -0.113. The van der Waals surface area contributed by atoms with Gasteiger partial charge in [-0.15, -0.1) is 11.8 Å². The standard InChI is InChI=1S/C26H25N3O2S/c1-2-21(30)22(31)15-24-27-13-14-29(24)26(17-11-12-17)28-25-19-8-4-3-7-18(19)16-32-23-10-6-5-9-20(23)25/h2-10,13-15,17,25-26,28,31H,1,11-12,16H2/b22-15-. The van der Waals surface area contributed by atoms with Gasteiger partial charge in [0.05, 0.1) is 12.2 Å². The average Bonchev–Trinajstić information content (AvgIpc) is 3.59. The van der Waals surface area contributed by atoms with Gasteiger partial charge in [0.1, 0.15) is 5.82 Å². The quantitative estimate of drug-likeness (QED) is 0.376. The number of aliphatic hydroxyl groups excluding tert-OH is 1. The highest BCUT2D eigenvalue weighted by Crippen LogP contribution is 2.44. The lowest BCUT2D eigenvalue weighted by Crippen LogP contribution is -2.33. The molecular formula is C26H25N3O2S. The number of benzene rings is 2. The molecule has 2 aromatic carbocycles. The molecule has 2 aliphatic rings. The first-order chi connectivity index (χ1) is 15.7. The van der Waals surface area contributed by atoms with Crippen LogP contribution in [-0.4, -0.2) is 20.4 Å². The summed E-state index contributed by atoms with van der Waals surface area (Å²) >= 11 is 1.87. The molecule has 5 rings (SSSR count). The summed E-state index contributed by atoms with van der Waals surface area (Å²) in [5, 5.41) is 14.1. The van der Waals surface area contributed by atoms with Gasteiger partial charge in [-0.05, 0) is 47.6 Å². The number of hydrogen-bond donors (Lipinski definition) is 2. The van der Waals surface area contributed by atoms with Crippen molar-refractivity contribution in [2.75, 3.05) is 0 Å². The number of carbonyl (C=O) groups excluding carboxylic acids is 1. The molecule has 0 saturated heterocycles. The maximum atomic E-state index is 11.8. The van der Waals surface area contributed by atoms with Crippen LogP contribution in [0.15, 0.2) is 84.2 Å². The zero-order valence-electron chi connectivity index (χ0n) is 17.6. The molecule has 2 N–H and O–H groups in total. The molecule has 3 aromatic rings. The number of aliphatic hydroxyl groups is 1. The summed E-state index contributed by atoms with van der Waals surface area (Å²) < 4.78 is 2.04. The van der Waals surface area contributed by atoms with Gasteiger partial charge < -0.3 is 9.67 Å². The second-order valence-electron chi connectivity index (χ2n) is 8.20. The third kappa shape index (κ3) is 4.04. The number of nitrogens with zero attached hydrogens (tertiary/aromatic N) is 2. The minimum Gasteiger partial charge on any atom is -0.504 e. The third-order valence-corrected chi connectivity index (χ3v) is 7.23. The van der Waals surface area contributed by atoms with Gasteiger partial charge in [-0.1, -0.05) is 49.0 Å². The van der Waals surface area contributed by atoms with Crippen LogP contribution in [0.1, 0.15) is 47.6 Å². The Morgan fingerprint density at radius 3 is 2.72 bits per heavy atom. The Bertz CT molecular complexity index is 1150. The number of imidazole rings is 1. The molecule has 1 saturated carbocycles. The Morgan fingerprint density at radius 2 is 1.94 bits per heavy atom. The highest BCUT2D eigenvalue weighted by atomic mass is 32.2. The van der Waals surface area contributed by atoms with Crippen molar-refractivity contribution in [1.82, 2.24) is 14.9 Å². The smallest absolute Gasteiger partial charge is 0.219 e. The number of allylic oxidation sites excluding steroid dienone is 1. The molecule has 32 heavy (non-hydrogen) atoms. The van der Waals surface area contributed by atoms with E-state index in [-0.39, 0.29) is 18.0 Å². The summed E-state index contributed by atoms with van der Waals surface area (Å²) in [5.74, 6) is 1.08. The topological polar surface area (TPSA) is 67.1 Å². The largest absolute Gasteiger partial charge is 0.504 e. The predicted molar refractivity (Wildman–Crippen MR) is 127 cm³/mol. The number of carbonyl (C=O) groups is 1. The van der Waals surface area contributed by atoms with Gasteiger partial charge in [-0.2, -0.15) is 0 Å². The van der Waals surface area contributed by atoms with E-state index in [2.05, 4.69) is 65.4 Å². The van der Waals surface area contributed by atoms with Crippen molar-refractivity contribution in [2.45, 2.75) is 35.7 Å². The van der Waals surface area contributed by atoms with Crippen LogP contribution < -0.4 is 5.32 Å². The van der Waals surface area contributed by atoms with E-state index in [0.29, 0.717) is 11.7 Å². The number of hydrogen-bond acceptors (Lipinski definition) is 5. The first-order valence-corrected chi connectivity index (χ1v) is 11.8. The number of nitrogens with one attached hydrogen (secondary N) is 1. The molecule has 1 aromatic heterocycles. The Hall–Kier alpha value is -3.09. The van der Waals surface area contributed by atoms with Gasteiger partial charge in [0.25, 0.3) is 0 Å². The Labute approximate surface area is 191 Å². The molecule has 2 unspecified atom stereocenters. The highest BCUT2D eigenvalue weighted by molar-refractivity contribution is 7.98. The summed E-state index contributed by atoms with van der Waals surface area (Å²) in [6.45, 7) is 3.44. The van der Waals surface area contributed by atoms with Crippen LogP contribution in [-0.2, 0) is 10.5 Å². The van der Waals surface area contributed by atoms with E-state index in [9.17, 15) is 9.90 Å². The fourth-order valence-corrected chi connectivity index (χ4v) is 5.40. The SMILES string of the molecule is C=CC(=O)/C(O)=C/c1nccn1C(NC1c2ccccc2CSc2ccccc21)C1CC1. The van der Waals surface area contributed by atoms with Crippen molar-refractivity contribution in [3.63, 3.8) is 0 Å². The zero-order valence-corrected chi connectivity index (χ0v) is 18.5.